The molecule has 1 aliphatic rings. The zero-order chi connectivity index (χ0) is 15.7. The van der Waals surface area contributed by atoms with E-state index in [0.29, 0.717) is 19.4 Å². The lowest BCUT2D eigenvalue weighted by Gasteiger charge is -2.28. The number of aliphatic carboxylic acids is 1. The Kier molecular flexibility index (Phi) is 3.98. The topological polar surface area (TPSA) is 86.5 Å². The highest BCUT2D eigenvalue weighted by molar-refractivity contribution is 7.15. The van der Waals surface area contributed by atoms with Crippen molar-refractivity contribution >= 4 is 28.2 Å². The van der Waals surface area contributed by atoms with Crippen LogP contribution in [0.2, 0.25) is 0 Å². The number of nitrogens with zero attached hydrogens (tertiary/aromatic N) is 2. The van der Waals surface area contributed by atoms with Crippen LogP contribution in [0.5, 0.6) is 0 Å². The normalized spacial score (nSPS) is 21.1. The van der Waals surface area contributed by atoms with Gasteiger partial charge in [0.1, 0.15) is 0 Å². The highest BCUT2D eigenvalue weighted by Crippen LogP contribution is 2.25. The van der Waals surface area contributed by atoms with Crippen LogP contribution in [0, 0.1) is 18.8 Å². The Morgan fingerprint density at radius 3 is 2.82 bits per heavy atom. The molecule has 2 aromatic heterocycles. The predicted molar refractivity (Wildman–Crippen MR) is 80.0 cm³/mol. The summed E-state index contributed by atoms with van der Waals surface area (Å²) in [5.41, 5.74) is 1.86. The molecule has 6 nitrogen and oxygen atoms in total. The maximum atomic E-state index is 12.2. The van der Waals surface area contributed by atoms with Gasteiger partial charge in [0.2, 0.25) is 5.91 Å². The molecular formula is C15H16N3O3S-. The minimum atomic E-state index is -1.16. The summed E-state index contributed by atoms with van der Waals surface area (Å²) in [7, 11) is 0. The number of hydrogen-bond donors (Lipinski definition) is 1. The van der Waals surface area contributed by atoms with Gasteiger partial charge in [-0.2, -0.15) is 0 Å². The van der Waals surface area contributed by atoms with Gasteiger partial charge in [0.15, 0.2) is 4.96 Å². The van der Waals surface area contributed by atoms with Crippen molar-refractivity contribution in [1.82, 2.24) is 14.7 Å². The first kappa shape index (κ1) is 14.8. The number of amides is 1. The van der Waals surface area contributed by atoms with Crippen LogP contribution in [0.3, 0.4) is 0 Å². The van der Waals surface area contributed by atoms with E-state index >= 15 is 0 Å². The molecule has 3 rings (SSSR count). The van der Waals surface area contributed by atoms with E-state index in [1.807, 2.05) is 29.0 Å². The molecule has 0 bridgehead atoms. The number of fused-ring (bicyclic) bond motifs is 1. The summed E-state index contributed by atoms with van der Waals surface area (Å²) in [6, 6.07) is 0. The average molecular weight is 318 g/mol. The molecule has 1 aliphatic carbocycles. The quantitative estimate of drug-likeness (QED) is 0.839. The molecule has 1 amide bonds. The Bertz CT molecular complexity index is 746. The first-order valence-electron chi connectivity index (χ1n) is 7.12. The van der Waals surface area contributed by atoms with E-state index in [1.54, 1.807) is 17.4 Å². The van der Waals surface area contributed by atoms with Crippen LogP contribution < -0.4 is 10.4 Å². The lowest BCUT2D eigenvalue weighted by molar-refractivity contribution is -0.313. The molecule has 116 valence electrons. The fraction of sp³-hybridized carbons (Fsp3) is 0.400. The summed E-state index contributed by atoms with van der Waals surface area (Å²) < 4.78 is 1.97. The zero-order valence-electron chi connectivity index (χ0n) is 12.1. The number of carboxylic acids is 1. The number of hydrogen-bond acceptors (Lipinski definition) is 5. The van der Waals surface area contributed by atoms with Gasteiger partial charge in [-0.15, -0.1) is 11.3 Å². The Morgan fingerprint density at radius 2 is 2.14 bits per heavy atom. The van der Waals surface area contributed by atoms with Crippen molar-refractivity contribution in [1.29, 1.82) is 0 Å². The minimum absolute atomic E-state index is 0.258. The fourth-order valence-corrected chi connectivity index (χ4v) is 3.57. The van der Waals surface area contributed by atoms with Crippen molar-refractivity contribution in [3.8, 4) is 0 Å². The van der Waals surface area contributed by atoms with Crippen molar-refractivity contribution < 1.29 is 14.7 Å². The van der Waals surface area contributed by atoms with E-state index < -0.39 is 17.8 Å². The van der Waals surface area contributed by atoms with Crippen LogP contribution >= 0.6 is 11.3 Å². The minimum Gasteiger partial charge on any atom is -0.550 e. The van der Waals surface area contributed by atoms with Crippen molar-refractivity contribution in [3.05, 3.63) is 35.1 Å². The molecule has 0 fully saturated rings. The van der Waals surface area contributed by atoms with Gasteiger partial charge in [0.05, 0.1) is 12.2 Å². The molecule has 0 saturated carbocycles. The largest absolute Gasteiger partial charge is 0.550 e. The van der Waals surface area contributed by atoms with Crippen LogP contribution in [0.1, 0.15) is 24.2 Å². The van der Waals surface area contributed by atoms with Gasteiger partial charge in [-0.1, -0.05) is 12.2 Å². The van der Waals surface area contributed by atoms with Gasteiger partial charge < -0.3 is 15.2 Å². The number of nitrogens with one attached hydrogen (secondary N) is 1. The van der Waals surface area contributed by atoms with Gasteiger partial charge in [-0.25, -0.2) is 4.98 Å². The van der Waals surface area contributed by atoms with Crippen LogP contribution in [-0.2, 0) is 16.1 Å². The molecule has 0 radical (unpaired) electrons. The van der Waals surface area contributed by atoms with Gasteiger partial charge >= 0.3 is 0 Å². The number of allylic oxidation sites excluding steroid dienone is 2. The number of aryl methyl sites for hydroxylation is 1. The van der Waals surface area contributed by atoms with Crippen molar-refractivity contribution in [2.45, 2.75) is 26.3 Å². The van der Waals surface area contributed by atoms with Crippen molar-refractivity contribution in [2.24, 2.45) is 11.8 Å². The van der Waals surface area contributed by atoms with E-state index in [2.05, 4.69) is 10.3 Å². The monoisotopic (exact) mass is 318 g/mol. The second-order valence-electron chi connectivity index (χ2n) is 5.45. The number of imidazole rings is 1. The van der Waals surface area contributed by atoms with Crippen molar-refractivity contribution in [3.63, 3.8) is 0 Å². The summed E-state index contributed by atoms with van der Waals surface area (Å²) in [5, 5.41) is 15.9. The summed E-state index contributed by atoms with van der Waals surface area (Å²) in [4.78, 5) is 28.7. The smallest absolute Gasteiger partial charge is 0.224 e. The first-order chi connectivity index (χ1) is 10.6. The molecule has 2 aromatic rings. The molecule has 2 atom stereocenters. The fourth-order valence-electron chi connectivity index (χ4n) is 2.70. The van der Waals surface area contributed by atoms with E-state index in [0.717, 1.165) is 16.3 Å². The third kappa shape index (κ3) is 2.76. The zero-order valence-corrected chi connectivity index (χ0v) is 12.9. The van der Waals surface area contributed by atoms with Gasteiger partial charge in [0, 0.05) is 35.1 Å². The molecule has 22 heavy (non-hydrogen) atoms. The highest BCUT2D eigenvalue weighted by Gasteiger charge is 2.29. The highest BCUT2D eigenvalue weighted by atomic mass is 32.1. The first-order valence-corrected chi connectivity index (χ1v) is 8.00. The lowest BCUT2D eigenvalue weighted by atomic mass is 9.82. The van der Waals surface area contributed by atoms with Crippen LogP contribution in [0.15, 0.2) is 23.7 Å². The van der Waals surface area contributed by atoms with Gasteiger partial charge in [-0.3, -0.25) is 9.20 Å². The summed E-state index contributed by atoms with van der Waals surface area (Å²) in [6.07, 6.45) is 6.30. The maximum Gasteiger partial charge on any atom is 0.224 e. The Morgan fingerprint density at radius 1 is 1.41 bits per heavy atom. The molecule has 0 aromatic carbocycles. The van der Waals surface area contributed by atoms with Crippen LogP contribution in [0.25, 0.3) is 4.96 Å². The van der Waals surface area contributed by atoms with Crippen LogP contribution in [0.4, 0.5) is 0 Å². The summed E-state index contributed by atoms with van der Waals surface area (Å²) in [5.74, 6) is -2.74. The van der Waals surface area contributed by atoms with Gasteiger partial charge in [0.25, 0.3) is 0 Å². The maximum absolute atomic E-state index is 12.2. The van der Waals surface area contributed by atoms with E-state index in [-0.39, 0.29) is 5.91 Å². The molecule has 0 spiro atoms. The Labute approximate surface area is 131 Å². The molecule has 7 heteroatoms. The second-order valence-corrected chi connectivity index (χ2v) is 6.29. The Balaban J connectivity index is 1.66. The van der Waals surface area contributed by atoms with E-state index in [1.165, 1.54) is 0 Å². The third-order valence-corrected chi connectivity index (χ3v) is 4.91. The molecule has 0 unspecified atom stereocenters. The van der Waals surface area contributed by atoms with Gasteiger partial charge in [-0.05, 0) is 19.8 Å². The van der Waals surface area contributed by atoms with Crippen molar-refractivity contribution in [2.75, 3.05) is 0 Å². The SMILES string of the molecule is Cc1csc2nc(CNC(=O)[C@H]3CC=CC[C@@H]3C(=O)[O-])cn12. The average Bonchev–Trinajstić information content (AvgIpc) is 3.07. The Hall–Kier alpha value is -2.15. The molecule has 0 aliphatic heterocycles. The summed E-state index contributed by atoms with van der Waals surface area (Å²) >= 11 is 1.55. The number of carbonyl (C=O) groups is 2. The van der Waals surface area contributed by atoms with E-state index in [9.17, 15) is 14.7 Å². The van der Waals surface area contributed by atoms with E-state index in [4.69, 9.17) is 0 Å². The number of rotatable bonds is 4. The third-order valence-electron chi connectivity index (χ3n) is 3.95. The summed E-state index contributed by atoms with van der Waals surface area (Å²) in [6.45, 7) is 2.29. The number of carboxylic acid groups (broad SMARTS) is 1. The predicted octanol–water partition coefficient (Wildman–Crippen LogP) is 0.653. The lowest BCUT2D eigenvalue weighted by Crippen LogP contribution is -2.43. The molecule has 2 heterocycles. The number of aromatic nitrogens is 2. The number of carbonyl (C=O) groups excluding carboxylic acids is 2. The molecular weight excluding hydrogens is 302 g/mol. The number of thiazole rings is 1. The second kappa shape index (κ2) is 5.92. The van der Waals surface area contributed by atoms with Crippen LogP contribution in [-0.4, -0.2) is 21.3 Å². The molecule has 0 saturated heterocycles. The molecule has 1 N–H and O–H groups in total. The standard InChI is InChI=1S/C15H17N3O3S/c1-9-8-22-15-17-10(7-18(9)15)6-16-13(19)11-4-2-3-5-12(11)14(20)21/h2-3,7-8,11-12H,4-6H2,1H3,(H,16,19)(H,20,21)/p-1/t11-,12-/m0/s1.